The maximum Gasteiger partial charge on any atom is 0.265 e. The van der Waals surface area contributed by atoms with E-state index in [0.29, 0.717) is 23.5 Å². The molecule has 0 saturated heterocycles. The number of anilines is 1. The van der Waals surface area contributed by atoms with Crippen LogP contribution < -0.4 is 9.62 Å². The van der Waals surface area contributed by atoms with Crippen LogP contribution in [0.15, 0.2) is 65.6 Å². The number of benzene rings is 3. The highest BCUT2D eigenvalue weighted by Crippen LogP contribution is 2.42. The zero-order valence-corrected chi connectivity index (χ0v) is 22.9. The summed E-state index contributed by atoms with van der Waals surface area (Å²) in [5, 5.41) is 4.57. The third kappa shape index (κ3) is 5.49. The van der Waals surface area contributed by atoms with Crippen LogP contribution in [0, 0.1) is 6.92 Å². The van der Waals surface area contributed by atoms with Gasteiger partial charge in [-0.25, -0.2) is 8.42 Å². The molecule has 1 heterocycles. The molecule has 7 nitrogen and oxygen atoms in total. The molecule has 0 unspecified atom stereocenters. The molecule has 4 rings (SSSR count). The Morgan fingerprint density at radius 3 is 2.35 bits per heavy atom. The van der Waals surface area contributed by atoms with Crippen LogP contribution in [-0.2, 0) is 26.2 Å². The van der Waals surface area contributed by atoms with Crippen molar-refractivity contribution in [2.45, 2.75) is 70.5 Å². The lowest BCUT2D eigenvalue weighted by Crippen LogP contribution is -2.52. The molecule has 1 aliphatic rings. The van der Waals surface area contributed by atoms with Gasteiger partial charge in [-0.2, -0.15) is 0 Å². The van der Waals surface area contributed by atoms with Gasteiger partial charge in [0.05, 0.1) is 10.6 Å². The quantitative estimate of drug-likeness (QED) is 0.463. The van der Waals surface area contributed by atoms with Crippen molar-refractivity contribution in [3.63, 3.8) is 0 Å². The van der Waals surface area contributed by atoms with Gasteiger partial charge in [-0.3, -0.25) is 13.9 Å². The van der Waals surface area contributed by atoms with E-state index in [1.165, 1.54) is 4.31 Å². The zero-order valence-electron chi connectivity index (χ0n) is 22.1. The van der Waals surface area contributed by atoms with Gasteiger partial charge in [0.15, 0.2) is 0 Å². The molecule has 0 spiro atoms. The van der Waals surface area contributed by atoms with Crippen LogP contribution in [0.1, 0.15) is 51.7 Å². The molecule has 3 aromatic carbocycles. The predicted molar refractivity (Wildman–Crippen MR) is 147 cm³/mol. The highest BCUT2D eigenvalue weighted by Gasteiger charge is 2.35. The average molecular weight is 522 g/mol. The van der Waals surface area contributed by atoms with Gasteiger partial charge in [-0.05, 0) is 69.7 Å². The summed E-state index contributed by atoms with van der Waals surface area (Å²) in [7, 11) is -3.68. The lowest BCUT2D eigenvalue weighted by molar-refractivity contribution is -0.141. The van der Waals surface area contributed by atoms with Gasteiger partial charge in [0.25, 0.3) is 10.0 Å². The van der Waals surface area contributed by atoms with Gasteiger partial charge < -0.3 is 10.2 Å². The molecule has 3 aromatic rings. The first-order valence-electron chi connectivity index (χ1n) is 12.6. The van der Waals surface area contributed by atoms with E-state index in [1.807, 2.05) is 76.2 Å². The van der Waals surface area contributed by atoms with E-state index in [9.17, 15) is 18.0 Å². The number of rotatable bonds is 8. The van der Waals surface area contributed by atoms with Crippen molar-refractivity contribution in [1.82, 2.24) is 10.2 Å². The van der Waals surface area contributed by atoms with Crippen LogP contribution in [0.4, 0.5) is 5.69 Å². The third-order valence-corrected chi connectivity index (χ3v) is 8.56. The highest BCUT2D eigenvalue weighted by molar-refractivity contribution is 7.93. The van der Waals surface area contributed by atoms with Crippen LogP contribution in [0.5, 0.6) is 0 Å². The fourth-order valence-electron chi connectivity index (χ4n) is 4.74. The molecule has 0 aliphatic carbocycles. The molecule has 0 saturated carbocycles. The summed E-state index contributed by atoms with van der Waals surface area (Å²) in [5.74, 6) is -0.411. The summed E-state index contributed by atoms with van der Waals surface area (Å²) < 4.78 is 27.9. The molecular formula is C29H35N3O4S. The number of carbonyl (C=O) groups excluding carboxylic acids is 2. The molecule has 37 heavy (non-hydrogen) atoms. The summed E-state index contributed by atoms with van der Waals surface area (Å²) in [6.45, 7) is 9.91. The number of sulfonamides is 1. The van der Waals surface area contributed by atoms with Crippen molar-refractivity contribution in [2.24, 2.45) is 0 Å². The average Bonchev–Trinajstić information content (AvgIpc) is 3.05. The summed E-state index contributed by atoms with van der Waals surface area (Å²) in [5.41, 5.74) is 2.23. The molecule has 0 radical (unpaired) electrons. The minimum absolute atomic E-state index is 0.122. The topological polar surface area (TPSA) is 86.8 Å². The maximum absolute atomic E-state index is 13.5. The van der Waals surface area contributed by atoms with Crippen LogP contribution >= 0.6 is 0 Å². The van der Waals surface area contributed by atoms with Gasteiger partial charge in [0.1, 0.15) is 6.04 Å². The highest BCUT2D eigenvalue weighted by atomic mass is 32.2. The number of nitrogens with one attached hydrogen (secondary N) is 1. The van der Waals surface area contributed by atoms with Crippen molar-refractivity contribution >= 4 is 38.3 Å². The summed E-state index contributed by atoms with van der Waals surface area (Å²) >= 11 is 0. The molecule has 0 bridgehead atoms. The Hall–Kier alpha value is -3.39. The molecular weight excluding hydrogens is 486 g/mol. The second-order valence-corrected chi connectivity index (χ2v) is 12.5. The van der Waals surface area contributed by atoms with E-state index in [2.05, 4.69) is 5.32 Å². The zero-order chi connectivity index (χ0) is 27.0. The summed E-state index contributed by atoms with van der Waals surface area (Å²) in [6.07, 6.45) is 0.456. The number of hydrogen-bond donors (Lipinski definition) is 1. The van der Waals surface area contributed by atoms with Gasteiger partial charge in [0, 0.05) is 30.4 Å². The Labute approximate surface area is 219 Å². The monoisotopic (exact) mass is 521 g/mol. The Balaban J connectivity index is 1.51. The molecule has 1 atom stereocenters. The Morgan fingerprint density at radius 1 is 1.00 bits per heavy atom. The first-order valence-corrected chi connectivity index (χ1v) is 14.0. The van der Waals surface area contributed by atoms with Crippen LogP contribution in [0.25, 0.3) is 10.8 Å². The number of hydrogen-bond acceptors (Lipinski definition) is 4. The van der Waals surface area contributed by atoms with Crippen molar-refractivity contribution < 1.29 is 18.0 Å². The van der Waals surface area contributed by atoms with E-state index in [4.69, 9.17) is 0 Å². The predicted octanol–water partition coefficient (Wildman–Crippen LogP) is 4.77. The fourth-order valence-corrected chi connectivity index (χ4v) is 6.49. The van der Waals surface area contributed by atoms with Gasteiger partial charge in [0.2, 0.25) is 11.8 Å². The van der Waals surface area contributed by atoms with Crippen molar-refractivity contribution in [2.75, 3.05) is 10.8 Å². The standard InChI is InChI=1S/C29H35N3O4S/c1-20-11-6-7-12-23(20)19-31(21(2)28(34)30-29(3,4)5)26(33)17-10-18-32-24-15-8-13-22-14-9-16-25(27(22)24)37(32,35)36/h6-9,11-16,21H,10,17-19H2,1-5H3,(H,30,34)/t21-/m1/s1. The van der Waals surface area contributed by atoms with E-state index in [0.717, 1.165) is 21.9 Å². The summed E-state index contributed by atoms with van der Waals surface area (Å²) in [4.78, 5) is 28.4. The Bertz CT molecular complexity index is 1440. The Kier molecular flexibility index (Phi) is 7.33. The smallest absolute Gasteiger partial charge is 0.265 e. The fraction of sp³-hybridized carbons (Fsp3) is 0.379. The maximum atomic E-state index is 13.5. The second-order valence-electron chi connectivity index (χ2n) is 10.7. The van der Waals surface area contributed by atoms with Gasteiger partial charge >= 0.3 is 0 Å². The normalized spacial score (nSPS) is 15.0. The minimum atomic E-state index is -3.68. The summed E-state index contributed by atoms with van der Waals surface area (Å²) in [6, 6.07) is 18.0. The van der Waals surface area contributed by atoms with E-state index >= 15 is 0 Å². The van der Waals surface area contributed by atoms with Crippen molar-refractivity contribution in [3.8, 4) is 0 Å². The largest absolute Gasteiger partial charge is 0.350 e. The molecule has 1 N–H and O–H groups in total. The first kappa shape index (κ1) is 26.7. The molecule has 0 fully saturated rings. The van der Waals surface area contributed by atoms with Crippen molar-refractivity contribution in [1.29, 1.82) is 0 Å². The number of aryl methyl sites for hydroxylation is 1. The SMILES string of the molecule is Cc1ccccc1CN(C(=O)CCCN1c2cccc3cccc(c23)S1(=O)=O)[C@H](C)C(=O)NC(C)(C)C. The third-order valence-electron chi connectivity index (χ3n) is 6.70. The van der Waals surface area contributed by atoms with E-state index < -0.39 is 21.6 Å². The van der Waals surface area contributed by atoms with Crippen LogP contribution in [-0.4, -0.2) is 43.3 Å². The van der Waals surface area contributed by atoms with Crippen LogP contribution in [0.3, 0.4) is 0 Å². The molecule has 0 aromatic heterocycles. The van der Waals surface area contributed by atoms with Crippen LogP contribution in [0.2, 0.25) is 0 Å². The molecule has 2 amide bonds. The molecule has 1 aliphatic heterocycles. The van der Waals surface area contributed by atoms with Gasteiger partial charge in [-0.1, -0.05) is 48.5 Å². The number of carbonyl (C=O) groups is 2. The second kappa shape index (κ2) is 10.2. The lowest BCUT2D eigenvalue weighted by atomic mass is 10.1. The Morgan fingerprint density at radius 2 is 1.68 bits per heavy atom. The molecule has 196 valence electrons. The minimum Gasteiger partial charge on any atom is -0.350 e. The lowest BCUT2D eigenvalue weighted by Gasteiger charge is -2.32. The molecule has 8 heteroatoms. The van der Waals surface area contributed by atoms with E-state index in [1.54, 1.807) is 24.0 Å². The first-order chi connectivity index (χ1) is 17.4. The van der Waals surface area contributed by atoms with E-state index in [-0.39, 0.29) is 24.8 Å². The van der Waals surface area contributed by atoms with Crippen molar-refractivity contribution in [3.05, 3.63) is 71.8 Å². The van der Waals surface area contributed by atoms with Gasteiger partial charge in [-0.15, -0.1) is 0 Å². The number of amides is 2. The number of nitrogens with zero attached hydrogens (tertiary/aromatic N) is 2.